The summed E-state index contributed by atoms with van der Waals surface area (Å²) in [5, 5.41) is 5.87. The molecule has 184 valence electrons. The van der Waals surface area contributed by atoms with E-state index in [1.54, 1.807) is 11.3 Å². The van der Waals surface area contributed by atoms with E-state index in [-0.39, 0.29) is 18.4 Å². The highest BCUT2D eigenvalue weighted by Gasteiger charge is 2.26. The number of hydrogen-bond donors (Lipinski definition) is 1. The lowest BCUT2D eigenvalue weighted by molar-refractivity contribution is -0.134. The minimum absolute atomic E-state index is 0.0183. The van der Waals surface area contributed by atoms with Gasteiger partial charge < -0.3 is 19.9 Å². The summed E-state index contributed by atoms with van der Waals surface area (Å²) in [5.41, 5.74) is 2.88. The van der Waals surface area contributed by atoms with E-state index in [4.69, 9.17) is 4.74 Å². The fraction of sp³-hybridized carbons (Fsp3) is 0.577. The summed E-state index contributed by atoms with van der Waals surface area (Å²) < 4.78 is 5.72. The quantitative estimate of drug-likeness (QED) is 0.549. The molecule has 0 unspecified atom stereocenters. The first-order chi connectivity index (χ1) is 16.5. The fourth-order valence-electron chi connectivity index (χ4n) is 4.60. The van der Waals surface area contributed by atoms with Crippen molar-refractivity contribution in [2.24, 2.45) is 0 Å². The Morgan fingerprint density at radius 3 is 2.62 bits per heavy atom. The maximum Gasteiger partial charge on any atom is 0.270 e. The Hall–Kier alpha value is -2.45. The number of carbonyl (C=O) groups excluding carboxylic acids is 2. The molecular formula is C26H36N4O3S. The Kier molecular flexibility index (Phi) is 8.56. The highest BCUT2D eigenvalue weighted by atomic mass is 32.1. The first kappa shape index (κ1) is 24.7. The van der Waals surface area contributed by atoms with Crippen LogP contribution in [0.4, 0.5) is 0 Å². The molecular weight excluding hydrogens is 448 g/mol. The minimum Gasteiger partial charge on any atom is -0.484 e. The van der Waals surface area contributed by atoms with Gasteiger partial charge in [0, 0.05) is 30.9 Å². The molecule has 8 heteroatoms. The third-order valence-corrected chi connectivity index (χ3v) is 7.93. The van der Waals surface area contributed by atoms with Crippen molar-refractivity contribution in [1.82, 2.24) is 20.1 Å². The molecule has 2 aliphatic heterocycles. The summed E-state index contributed by atoms with van der Waals surface area (Å²) in [7, 11) is 0. The van der Waals surface area contributed by atoms with Crippen molar-refractivity contribution in [3.63, 3.8) is 0 Å². The largest absolute Gasteiger partial charge is 0.484 e. The van der Waals surface area contributed by atoms with Crippen molar-refractivity contribution in [3.05, 3.63) is 45.4 Å². The van der Waals surface area contributed by atoms with Crippen molar-refractivity contribution >= 4 is 23.2 Å². The number of benzene rings is 1. The SMILES string of the molecule is Cc1ccc(OCC(=O)N2CCC(c3nc(C(=O)NCCCN4CCCC4)cs3)CC2)cc1C. The van der Waals surface area contributed by atoms with Crippen LogP contribution in [-0.4, -0.2) is 72.5 Å². The Morgan fingerprint density at radius 1 is 1.12 bits per heavy atom. The van der Waals surface area contributed by atoms with Crippen molar-refractivity contribution in [1.29, 1.82) is 0 Å². The van der Waals surface area contributed by atoms with Gasteiger partial charge in [0.25, 0.3) is 11.8 Å². The van der Waals surface area contributed by atoms with Gasteiger partial charge in [-0.2, -0.15) is 0 Å². The second-order valence-electron chi connectivity index (χ2n) is 9.42. The molecule has 0 atom stereocenters. The molecule has 1 aromatic carbocycles. The smallest absolute Gasteiger partial charge is 0.270 e. The van der Waals surface area contributed by atoms with Crippen molar-refractivity contribution in [2.45, 2.75) is 51.9 Å². The lowest BCUT2D eigenvalue weighted by atomic mass is 9.97. The average Bonchev–Trinajstić information content (AvgIpc) is 3.55. The zero-order chi connectivity index (χ0) is 23.9. The van der Waals surface area contributed by atoms with Crippen LogP contribution in [0.2, 0.25) is 0 Å². The van der Waals surface area contributed by atoms with Gasteiger partial charge in [-0.25, -0.2) is 4.98 Å². The van der Waals surface area contributed by atoms with Crippen LogP contribution in [0.1, 0.15) is 64.6 Å². The Morgan fingerprint density at radius 2 is 1.88 bits per heavy atom. The molecule has 2 aromatic rings. The van der Waals surface area contributed by atoms with Crippen LogP contribution in [-0.2, 0) is 4.79 Å². The van der Waals surface area contributed by atoms with Crippen LogP contribution in [0.15, 0.2) is 23.6 Å². The summed E-state index contributed by atoms with van der Waals surface area (Å²) in [6.45, 7) is 9.66. The number of rotatable bonds is 9. The zero-order valence-electron chi connectivity index (χ0n) is 20.3. The molecule has 1 aromatic heterocycles. The molecule has 4 rings (SSSR count). The van der Waals surface area contributed by atoms with Crippen LogP contribution in [0, 0.1) is 13.8 Å². The summed E-state index contributed by atoms with van der Waals surface area (Å²) in [6.07, 6.45) is 5.28. The standard InChI is InChI=1S/C26H36N4O3S/c1-19-6-7-22(16-20(19)2)33-17-24(31)30-14-8-21(9-15-30)26-28-23(18-34-26)25(32)27-10-5-13-29-11-3-4-12-29/h6-7,16,18,21H,3-5,8-15,17H2,1-2H3,(H,27,32). The van der Waals surface area contributed by atoms with Gasteiger partial charge in [-0.05, 0) is 88.8 Å². The van der Waals surface area contributed by atoms with E-state index in [0.717, 1.165) is 42.1 Å². The molecule has 0 spiro atoms. The highest BCUT2D eigenvalue weighted by molar-refractivity contribution is 7.09. The maximum absolute atomic E-state index is 12.6. The minimum atomic E-state index is -0.0833. The molecule has 34 heavy (non-hydrogen) atoms. The number of aryl methyl sites for hydroxylation is 2. The molecule has 2 amide bonds. The monoisotopic (exact) mass is 484 g/mol. The van der Waals surface area contributed by atoms with E-state index < -0.39 is 0 Å². The van der Waals surface area contributed by atoms with Crippen molar-refractivity contribution < 1.29 is 14.3 Å². The molecule has 0 radical (unpaired) electrons. The average molecular weight is 485 g/mol. The van der Waals surface area contributed by atoms with Gasteiger partial charge in [-0.1, -0.05) is 6.07 Å². The van der Waals surface area contributed by atoms with Gasteiger partial charge in [0.05, 0.1) is 5.01 Å². The van der Waals surface area contributed by atoms with E-state index in [1.807, 2.05) is 35.4 Å². The lowest BCUT2D eigenvalue weighted by Crippen LogP contribution is -2.40. The van der Waals surface area contributed by atoms with Crippen LogP contribution >= 0.6 is 11.3 Å². The number of hydrogen-bond acceptors (Lipinski definition) is 6. The predicted molar refractivity (Wildman–Crippen MR) is 135 cm³/mol. The topological polar surface area (TPSA) is 74.8 Å². The summed E-state index contributed by atoms with van der Waals surface area (Å²) in [5.74, 6) is 0.965. The van der Waals surface area contributed by atoms with Gasteiger partial charge in [0.1, 0.15) is 11.4 Å². The number of amides is 2. The van der Waals surface area contributed by atoms with E-state index in [2.05, 4.69) is 22.1 Å². The number of thiazole rings is 1. The number of nitrogens with zero attached hydrogens (tertiary/aromatic N) is 3. The first-order valence-corrected chi connectivity index (χ1v) is 13.3. The molecule has 2 saturated heterocycles. The normalized spacial score (nSPS) is 17.2. The molecule has 3 heterocycles. The third-order valence-electron chi connectivity index (χ3n) is 6.93. The van der Waals surface area contributed by atoms with E-state index in [0.29, 0.717) is 31.2 Å². The second kappa shape index (κ2) is 11.8. The number of aromatic nitrogens is 1. The number of ether oxygens (including phenoxy) is 1. The Labute approximate surface area is 206 Å². The fourth-order valence-corrected chi connectivity index (χ4v) is 5.57. The van der Waals surface area contributed by atoms with Crippen molar-refractivity contribution in [3.8, 4) is 5.75 Å². The summed E-state index contributed by atoms with van der Waals surface area (Å²) in [4.78, 5) is 34.0. The molecule has 0 bridgehead atoms. The Bertz CT molecular complexity index is 978. The maximum atomic E-state index is 12.6. The second-order valence-corrected chi connectivity index (χ2v) is 10.3. The summed E-state index contributed by atoms with van der Waals surface area (Å²) in [6, 6.07) is 5.89. The zero-order valence-corrected chi connectivity index (χ0v) is 21.2. The van der Waals surface area contributed by atoms with Gasteiger partial charge >= 0.3 is 0 Å². The highest BCUT2D eigenvalue weighted by Crippen LogP contribution is 2.30. The van der Waals surface area contributed by atoms with Crippen LogP contribution in [0.5, 0.6) is 5.75 Å². The predicted octanol–water partition coefficient (Wildman–Crippen LogP) is 3.76. The number of likely N-dealkylation sites (tertiary alicyclic amines) is 2. The van der Waals surface area contributed by atoms with Gasteiger partial charge in [0.2, 0.25) is 0 Å². The lowest BCUT2D eigenvalue weighted by Gasteiger charge is -2.31. The number of piperidine rings is 1. The molecule has 2 aliphatic rings. The van der Waals surface area contributed by atoms with Gasteiger partial charge in [0.15, 0.2) is 6.61 Å². The first-order valence-electron chi connectivity index (χ1n) is 12.4. The van der Waals surface area contributed by atoms with Crippen LogP contribution < -0.4 is 10.1 Å². The van der Waals surface area contributed by atoms with E-state index in [9.17, 15) is 9.59 Å². The van der Waals surface area contributed by atoms with Crippen LogP contribution in [0.3, 0.4) is 0 Å². The third kappa shape index (κ3) is 6.57. The molecule has 0 saturated carbocycles. The van der Waals surface area contributed by atoms with E-state index >= 15 is 0 Å². The van der Waals surface area contributed by atoms with Gasteiger partial charge in [-0.15, -0.1) is 11.3 Å². The number of nitrogens with one attached hydrogen (secondary N) is 1. The van der Waals surface area contributed by atoms with Gasteiger partial charge in [-0.3, -0.25) is 9.59 Å². The molecule has 7 nitrogen and oxygen atoms in total. The summed E-state index contributed by atoms with van der Waals surface area (Å²) >= 11 is 1.56. The molecule has 1 N–H and O–H groups in total. The van der Waals surface area contributed by atoms with E-state index in [1.165, 1.54) is 31.5 Å². The molecule has 2 fully saturated rings. The molecule has 0 aliphatic carbocycles. The van der Waals surface area contributed by atoms with Crippen molar-refractivity contribution in [2.75, 3.05) is 45.9 Å². The number of carbonyl (C=O) groups is 2. The van der Waals surface area contributed by atoms with Crippen LogP contribution in [0.25, 0.3) is 0 Å². The Balaban J connectivity index is 1.17.